The molecule has 2 aliphatic heterocycles. The second kappa shape index (κ2) is 10.3. The molecule has 0 aromatic carbocycles. The number of nitrogens with zero attached hydrogens (tertiary/aromatic N) is 4. The number of guanidine groups is 1. The van der Waals surface area contributed by atoms with Crippen LogP contribution >= 0.6 is 11.3 Å². The maximum Gasteiger partial charge on any atom is 0.194 e. The van der Waals surface area contributed by atoms with E-state index in [1.54, 1.807) is 0 Å². The van der Waals surface area contributed by atoms with Crippen molar-refractivity contribution in [2.24, 2.45) is 10.9 Å². The van der Waals surface area contributed by atoms with Crippen molar-refractivity contribution in [2.45, 2.75) is 26.9 Å². The van der Waals surface area contributed by atoms with Crippen LogP contribution in [0.25, 0.3) is 0 Å². The molecule has 2 fully saturated rings. The van der Waals surface area contributed by atoms with E-state index in [0.717, 1.165) is 71.5 Å². The number of rotatable bonds is 6. The minimum absolute atomic E-state index is 0.207. The maximum absolute atomic E-state index is 5.97. The van der Waals surface area contributed by atoms with Crippen molar-refractivity contribution in [2.75, 3.05) is 70.4 Å². The number of ether oxygens (including phenoxy) is 1. The lowest BCUT2D eigenvalue weighted by Crippen LogP contribution is -2.53. The second-order valence-electron chi connectivity index (χ2n) is 7.77. The fourth-order valence-electron chi connectivity index (χ4n) is 3.78. The molecule has 0 spiro atoms. The summed E-state index contributed by atoms with van der Waals surface area (Å²) < 4.78 is 5.97. The van der Waals surface area contributed by atoms with Crippen molar-refractivity contribution in [3.63, 3.8) is 0 Å². The first-order chi connectivity index (χ1) is 13.2. The van der Waals surface area contributed by atoms with Crippen LogP contribution in [0.2, 0.25) is 0 Å². The zero-order valence-electron chi connectivity index (χ0n) is 17.1. The van der Waals surface area contributed by atoms with Crippen molar-refractivity contribution in [3.05, 3.63) is 17.5 Å². The van der Waals surface area contributed by atoms with Crippen LogP contribution in [0.5, 0.6) is 0 Å². The number of nitrogens with one attached hydrogen (secondary N) is 1. The topological polar surface area (TPSA) is 43.3 Å². The average molecular weight is 394 g/mol. The summed E-state index contributed by atoms with van der Waals surface area (Å²) in [5.41, 5.74) is 0. The molecule has 1 aromatic heterocycles. The Kier molecular flexibility index (Phi) is 7.79. The molecule has 6 nitrogen and oxygen atoms in total. The molecule has 1 unspecified atom stereocenters. The third-order valence-electron chi connectivity index (χ3n) is 5.02. The summed E-state index contributed by atoms with van der Waals surface area (Å²) in [6.45, 7) is 16.5. The smallest absolute Gasteiger partial charge is 0.194 e. The molecule has 7 heteroatoms. The van der Waals surface area contributed by atoms with E-state index < -0.39 is 0 Å². The van der Waals surface area contributed by atoms with Gasteiger partial charge in [0.1, 0.15) is 0 Å². The summed E-state index contributed by atoms with van der Waals surface area (Å²) in [5.74, 6) is 1.73. The number of hydrogen-bond acceptors (Lipinski definition) is 5. The summed E-state index contributed by atoms with van der Waals surface area (Å²) in [4.78, 5) is 12.3. The number of morpholine rings is 1. The van der Waals surface area contributed by atoms with Gasteiger partial charge in [-0.15, -0.1) is 11.3 Å². The molecule has 3 rings (SSSR count). The molecular weight excluding hydrogens is 358 g/mol. The molecule has 2 aliphatic rings. The lowest BCUT2D eigenvalue weighted by Gasteiger charge is -2.37. The Bertz CT molecular complexity index is 569. The van der Waals surface area contributed by atoms with Crippen LogP contribution in [0.4, 0.5) is 5.00 Å². The number of anilines is 1. The van der Waals surface area contributed by atoms with Gasteiger partial charge in [-0.2, -0.15) is 0 Å². The molecule has 152 valence electrons. The van der Waals surface area contributed by atoms with Gasteiger partial charge in [0.15, 0.2) is 5.96 Å². The Hall–Kier alpha value is -1.31. The minimum Gasteiger partial charge on any atom is -0.374 e. The third kappa shape index (κ3) is 6.09. The largest absolute Gasteiger partial charge is 0.374 e. The van der Waals surface area contributed by atoms with E-state index in [1.165, 1.54) is 5.00 Å². The third-order valence-corrected chi connectivity index (χ3v) is 5.95. The van der Waals surface area contributed by atoms with Crippen LogP contribution in [-0.4, -0.2) is 87.4 Å². The Labute approximate surface area is 168 Å². The van der Waals surface area contributed by atoms with Crippen molar-refractivity contribution in [3.8, 4) is 0 Å². The highest BCUT2D eigenvalue weighted by atomic mass is 32.1. The number of thiophene rings is 1. The molecule has 1 aromatic rings. The zero-order chi connectivity index (χ0) is 19.1. The van der Waals surface area contributed by atoms with Gasteiger partial charge >= 0.3 is 0 Å². The number of aliphatic imine (C=N–C) groups is 1. The highest BCUT2D eigenvalue weighted by Gasteiger charge is 2.23. The van der Waals surface area contributed by atoms with Gasteiger partial charge in [0.25, 0.3) is 0 Å². The van der Waals surface area contributed by atoms with Crippen LogP contribution in [0, 0.1) is 5.92 Å². The molecule has 3 heterocycles. The van der Waals surface area contributed by atoms with Crippen LogP contribution in [0.15, 0.2) is 22.5 Å². The van der Waals surface area contributed by atoms with Gasteiger partial charge in [0.05, 0.1) is 24.3 Å². The highest BCUT2D eigenvalue weighted by molar-refractivity contribution is 7.14. The SMILES string of the molecule is CCNC(=NCC1CN(CC(C)C)CCO1)N1CCN(c2cccs2)CC1. The first kappa shape index (κ1) is 20.4. The fourth-order valence-corrected chi connectivity index (χ4v) is 4.56. The number of piperazine rings is 1. The van der Waals surface area contributed by atoms with Gasteiger partial charge in [-0.1, -0.05) is 13.8 Å². The summed E-state index contributed by atoms with van der Waals surface area (Å²) in [5, 5.41) is 7.00. The summed E-state index contributed by atoms with van der Waals surface area (Å²) >= 11 is 1.82. The summed E-state index contributed by atoms with van der Waals surface area (Å²) in [6.07, 6.45) is 0.207. The number of hydrogen-bond donors (Lipinski definition) is 1. The van der Waals surface area contributed by atoms with Gasteiger partial charge in [-0.05, 0) is 30.4 Å². The summed E-state index contributed by atoms with van der Waals surface area (Å²) in [6, 6.07) is 4.34. The molecule has 0 aliphatic carbocycles. The van der Waals surface area contributed by atoms with Gasteiger partial charge < -0.3 is 19.9 Å². The van der Waals surface area contributed by atoms with Crippen LogP contribution < -0.4 is 10.2 Å². The molecule has 1 atom stereocenters. The standard InChI is InChI=1S/C20H35N5OS/c1-4-21-20(22-14-18-16-23(11-12-26-18)15-17(2)3)25-9-7-24(8-10-25)19-6-5-13-27-19/h5-6,13,17-18H,4,7-12,14-16H2,1-3H3,(H,21,22). The second-order valence-corrected chi connectivity index (χ2v) is 8.69. The van der Waals surface area contributed by atoms with E-state index in [1.807, 2.05) is 11.3 Å². The van der Waals surface area contributed by atoms with E-state index in [-0.39, 0.29) is 6.10 Å². The molecule has 0 bridgehead atoms. The van der Waals surface area contributed by atoms with E-state index >= 15 is 0 Å². The van der Waals surface area contributed by atoms with Crippen LogP contribution in [-0.2, 0) is 4.74 Å². The van der Waals surface area contributed by atoms with Gasteiger partial charge in [-0.3, -0.25) is 9.89 Å². The van der Waals surface area contributed by atoms with Gasteiger partial charge in [0, 0.05) is 52.4 Å². The normalized spacial score (nSPS) is 22.5. The molecule has 0 radical (unpaired) electrons. The predicted octanol–water partition coefficient (Wildman–Crippen LogP) is 2.19. The minimum atomic E-state index is 0.207. The van der Waals surface area contributed by atoms with Crippen molar-refractivity contribution in [1.82, 2.24) is 15.1 Å². The van der Waals surface area contributed by atoms with Gasteiger partial charge in [0.2, 0.25) is 0 Å². The lowest BCUT2D eigenvalue weighted by molar-refractivity contribution is -0.0262. The Morgan fingerprint density at radius 3 is 2.78 bits per heavy atom. The average Bonchev–Trinajstić information content (AvgIpc) is 3.20. The van der Waals surface area contributed by atoms with Crippen molar-refractivity contribution in [1.29, 1.82) is 0 Å². The maximum atomic E-state index is 5.97. The molecule has 2 saturated heterocycles. The van der Waals surface area contributed by atoms with Crippen LogP contribution in [0.3, 0.4) is 0 Å². The molecule has 27 heavy (non-hydrogen) atoms. The van der Waals surface area contributed by atoms with E-state index in [2.05, 4.69) is 58.3 Å². The fraction of sp³-hybridized carbons (Fsp3) is 0.750. The van der Waals surface area contributed by atoms with E-state index in [9.17, 15) is 0 Å². The molecule has 0 amide bonds. The molecule has 1 N–H and O–H groups in total. The zero-order valence-corrected chi connectivity index (χ0v) is 17.9. The lowest BCUT2D eigenvalue weighted by atomic mass is 10.2. The molecule has 0 saturated carbocycles. The summed E-state index contributed by atoms with van der Waals surface area (Å²) in [7, 11) is 0. The quantitative estimate of drug-likeness (QED) is 0.593. The predicted molar refractivity (Wildman–Crippen MR) is 115 cm³/mol. The van der Waals surface area contributed by atoms with Crippen molar-refractivity contribution >= 4 is 22.3 Å². The van der Waals surface area contributed by atoms with E-state index in [4.69, 9.17) is 9.73 Å². The Morgan fingerprint density at radius 1 is 1.30 bits per heavy atom. The Morgan fingerprint density at radius 2 is 2.11 bits per heavy atom. The van der Waals surface area contributed by atoms with E-state index in [0.29, 0.717) is 5.92 Å². The first-order valence-electron chi connectivity index (χ1n) is 10.3. The monoisotopic (exact) mass is 393 g/mol. The Balaban J connectivity index is 1.52. The highest BCUT2D eigenvalue weighted by Crippen LogP contribution is 2.22. The van der Waals surface area contributed by atoms with Crippen LogP contribution in [0.1, 0.15) is 20.8 Å². The van der Waals surface area contributed by atoms with Crippen molar-refractivity contribution < 1.29 is 4.74 Å². The van der Waals surface area contributed by atoms with Gasteiger partial charge in [-0.25, -0.2) is 0 Å². The molecular formula is C20H35N5OS. The first-order valence-corrected chi connectivity index (χ1v) is 11.2.